The van der Waals surface area contributed by atoms with Crippen molar-refractivity contribution in [3.05, 3.63) is 57.6 Å². The number of rotatable bonds is 2. The van der Waals surface area contributed by atoms with E-state index in [0.29, 0.717) is 5.56 Å². The van der Waals surface area contributed by atoms with Crippen LogP contribution in [-0.4, -0.2) is 16.1 Å². The average Bonchev–Trinajstić information content (AvgIpc) is 2.35. The van der Waals surface area contributed by atoms with Crippen LogP contribution in [0.5, 0.6) is 0 Å². The zero-order chi connectivity index (χ0) is 13.1. The van der Waals surface area contributed by atoms with E-state index in [1.807, 2.05) is 0 Å². The van der Waals surface area contributed by atoms with Gasteiger partial charge < -0.3 is 5.32 Å². The molecule has 0 aliphatic heterocycles. The Morgan fingerprint density at radius 1 is 1.33 bits per heavy atom. The lowest BCUT2D eigenvalue weighted by Crippen LogP contribution is -2.17. The minimum Gasteiger partial charge on any atom is -0.305 e. The van der Waals surface area contributed by atoms with Crippen molar-refractivity contribution in [3.8, 4) is 0 Å². The second-order valence-electron chi connectivity index (χ2n) is 3.70. The molecule has 1 aromatic heterocycles. The summed E-state index contributed by atoms with van der Waals surface area (Å²) in [6, 6.07) is 7.10. The standard InChI is InChI=1S/C12H10FN3O2/c1-7-3-2-4-8(11(7)13)12(18)14-9-5-6-10(17)16-15-9/h2-6H,1H3,(H,16,17)(H,14,15,18). The van der Waals surface area contributed by atoms with E-state index in [0.717, 1.165) is 0 Å². The van der Waals surface area contributed by atoms with Crippen LogP contribution in [0.3, 0.4) is 0 Å². The maximum Gasteiger partial charge on any atom is 0.264 e. The summed E-state index contributed by atoms with van der Waals surface area (Å²) in [7, 11) is 0. The lowest BCUT2D eigenvalue weighted by Gasteiger charge is -2.06. The molecule has 0 aliphatic rings. The van der Waals surface area contributed by atoms with E-state index < -0.39 is 11.7 Å². The molecule has 0 radical (unpaired) electrons. The Bertz CT molecular complexity index is 632. The highest BCUT2D eigenvalue weighted by atomic mass is 19.1. The van der Waals surface area contributed by atoms with Crippen LogP contribution in [-0.2, 0) is 0 Å². The van der Waals surface area contributed by atoms with Gasteiger partial charge in [0.05, 0.1) is 5.56 Å². The van der Waals surface area contributed by atoms with Crippen LogP contribution in [0.2, 0.25) is 0 Å². The fourth-order valence-electron chi connectivity index (χ4n) is 1.42. The SMILES string of the molecule is Cc1cccc(C(=O)Nc2ccc(=O)[nH]n2)c1F. The molecule has 1 amide bonds. The summed E-state index contributed by atoms with van der Waals surface area (Å²) in [6.07, 6.45) is 0. The first-order valence-corrected chi connectivity index (χ1v) is 5.20. The summed E-state index contributed by atoms with van der Waals surface area (Å²) in [4.78, 5) is 22.6. The van der Waals surface area contributed by atoms with Gasteiger partial charge in [-0.25, -0.2) is 9.49 Å². The molecule has 92 valence electrons. The second kappa shape index (κ2) is 4.79. The Hall–Kier alpha value is -2.50. The topological polar surface area (TPSA) is 74.8 Å². The van der Waals surface area contributed by atoms with Crippen LogP contribution >= 0.6 is 0 Å². The van der Waals surface area contributed by atoms with Crippen molar-refractivity contribution in [2.45, 2.75) is 6.92 Å². The number of amides is 1. The molecule has 2 rings (SSSR count). The van der Waals surface area contributed by atoms with Gasteiger partial charge in [0.2, 0.25) is 0 Å². The van der Waals surface area contributed by atoms with Crippen LogP contribution in [0.4, 0.5) is 10.2 Å². The maximum atomic E-state index is 13.7. The van der Waals surface area contributed by atoms with Crippen LogP contribution in [0, 0.1) is 12.7 Å². The molecule has 18 heavy (non-hydrogen) atoms. The molecule has 1 heterocycles. The number of carbonyl (C=O) groups excluding carboxylic acids is 1. The van der Waals surface area contributed by atoms with Crippen molar-refractivity contribution in [1.82, 2.24) is 10.2 Å². The molecule has 0 bridgehead atoms. The third-order valence-electron chi connectivity index (χ3n) is 2.36. The summed E-state index contributed by atoms with van der Waals surface area (Å²) in [6.45, 7) is 1.57. The number of aromatic amines is 1. The normalized spacial score (nSPS) is 10.1. The molecule has 2 aromatic rings. The average molecular weight is 247 g/mol. The molecule has 0 spiro atoms. The van der Waals surface area contributed by atoms with E-state index in [9.17, 15) is 14.0 Å². The number of hydrogen-bond donors (Lipinski definition) is 2. The monoisotopic (exact) mass is 247 g/mol. The first kappa shape index (κ1) is 12.0. The molecule has 6 heteroatoms. The number of halogens is 1. The molecular formula is C12H10FN3O2. The minimum atomic E-state index is -0.615. The van der Waals surface area contributed by atoms with E-state index in [4.69, 9.17) is 0 Å². The van der Waals surface area contributed by atoms with Crippen molar-refractivity contribution in [1.29, 1.82) is 0 Å². The van der Waals surface area contributed by atoms with Crippen molar-refractivity contribution in [2.24, 2.45) is 0 Å². The smallest absolute Gasteiger partial charge is 0.264 e. The van der Waals surface area contributed by atoms with E-state index in [-0.39, 0.29) is 16.9 Å². The van der Waals surface area contributed by atoms with Crippen LogP contribution in [0.25, 0.3) is 0 Å². The Kier molecular flexibility index (Phi) is 3.18. The first-order chi connectivity index (χ1) is 8.58. The maximum absolute atomic E-state index is 13.7. The van der Waals surface area contributed by atoms with E-state index in [2.05, 4.69) is 15.5 Å². The van der Waals surface area contributed by atoms with Crippen molar-refractivity contribution >= 4 is 11.7 Å². The lowest BCUT2D eigenvalue weighted by molar-refractivity contribution is 0.102. The summed E-state index contributed by atoms with van der Waals surface area (Å²) >= 11 is 0. The number of aromatic nitrogens is 2. The quantitative estimate of drug-likeness (QED) is 0.843. The first-order valence-electron chi connectivity index (χ1n) is 5.20. The molecule has 0 saturated heterocycles. The van der Waals surface area contributed by atoms with Gasteiger partial charge in [-0.1, -0.05) is 12.1 Å². The second-order valence-corrected chi connectivity index (χ2v) is 3.70. The third kappa shape index (κ3) is 2.42. The summed E-state index contributed by atoms with van der Waals surface area (Å²) < 4.78 is 13.7. The zero-order valence-electron chi connectivity index (χ0n) is 9.53. The van der Waals surface area contributed by atoms with Crippen LogP contribution in [0.1, 0.15) is 15.9 Å². The number of benzene rings is 1. The van der Waals surface area contributed by atoms with Gasteiger partial charge >= 0.3 is 0 Å². The lowest BCUT2D eigenvalue weighted by atomic mass is 10.1. The minimum absolute atomic E-state index is 0.0667. The van der Waals surface area contributed by atoms with Gasteiger partial charge in [-0.2, -0.15) is 5.10 Å². The van der Waals surface area contributed by atoms with Gasteiger partial charge in [-0.15, -0.1) is 0 Å². The van der Waals surface area contributed by atoms with Crippen molar-refractivity contribution in [2.75, 3.05) is 5.32 Å². The highest BCUT2D eigenvalue weighted by molar-refractivity contribution is 6.04. The van der Waals surface area contributed by atoms with Gasteiger partial charge in [-0.05, 0) is 24.6 Å². The van der Waals surface area contributed by atoms with E-state index in [1.165, 1.54) is 18.2 Å². The molecule has 5 nitrogen and oxygen atoms in total. The Labute approximate surface area is 102 Å². The van der Waals surface area contributed by atoms with Crippen molar-refractivity contribution in [3.63, 3.8) is 0 Å². The number of aryl methyl sites for hydroxylation is 1. The summed E-state index contributed by atoms with van der Waals surface area (Å²) in [5.41, 5.74) is -0.0604. The number of nitrogens with zero attached hydrogens (tertiary/aromatic N) is 1. The number of hydrogen-bond acceptors (Lipinski definition) is 3. The third-order valence-corrected chi connectivity index (χ3v) is 2.36. The summed E-state index contributed by atoms with van der Waals surface area (Å²) in [5.74, 6) is -1.03. The van der Waals surface area contributed by atoms with Gasteiger partial charge in [0, 0.05) is 6.07 Å². The molecule has 2 N–H and O–H groups in total. The van der Waals surface area contributed by atoms with Gasteiger partial charge in [0.25, 0.3) is 11.5 Å². The van der Waals surface area contributed by atoms with Gasteiger partial charge in [0.1, 0.15) is 5.82 Å². The molecule has 1 aromatic carbocycles. The summed E-state index contributed by atoms with van der Waals surface area (Å²) in [5, 5.41) is 8.17. The fourth-order valence-corrected chi connectivity index (χ4v) is 1.42. The highest BCUT2D eigenvalue weighted by Gasteiger charge is 2.13. The van der Waals surface area contributed by atoms with Gasteiger partial charge in [-0.3, -0.25) is 9.59 Å². The van der Waals surface area contributed by atoms with Crippen LogP contribution < -0.4 is 10.9 Å². The number of H-pyrrole nitrogens is 1. The Morgan fingerprint density at radius 2 is 2.11 bits per heavy atom. The van der Waals surface area contributed by atoms with Crippen LogP contribution in [0.15, 0.2) is 35.1 Å². The fraction of sp³-hybridized carbons (Fsp3) is 0.0833. The predicted octanol–water partition coefficient (Wildman–Crippen LogP) is 1.47. The molecule has 0 atom stereocenters. The largest absolute Gasteiger partial charge is 0.305 e. The van der Waals surface area contributed by atoms with Gasteiger partial charge in [0.15, 0.2) is 5.82 Å². The zero-order valence-corrected chi connectivity index (χ0v) is 9.53. The molecule has 0 unspecified atom stereocenters. The number of nitrogens with one attached hydrogen (secondary N) is 2. The highest BCUT2D eigenvalue weighted by Crippen LogP contribution is 2.13. The number of carbonyl (C=O) groups is 1. The van der Waals surface area contributed by atoms with E-state index in [1.54, 1.807) is 19.1 Å². The molecule has 0 aliphatic carbocycles. The molecule has 0 fully saturated rings. The van der Waals surface area contributed by atoms with Crippen molar-refractivity contribution < 1.29 is 9.18 Å². The molecular weight excluding hydrogens is 237 g/mol. The predicted molar refractivity (Wildman–Crippen MR) is 63.9 cm³/mol. The Morgan fingerprint density at radius 3 is 2.78 bits per heavy atom. The number of anilines is 1. The molecule has 0 saturated carbocycles. The van der Waals surface area contributed by atoms with E-state index >= 15 is 0 Å². The Balaban J connectivity index is 2.24.